The molecule has 2 aromatic rings. The predicted molar refractivity (Wildman–Crippen MR) is 119 cm³/mol. The molecule has 0 bridgehead atoms. The van der Waals surface area contributed by atoms with Gasteiger partial charge in [0, 0.05) is 35.4 Å². The van der Waals surface area contributed by atoms with Crippen molar-refractivity contribution in [2.24, 2.45) is 0 Å². The van der Waals surface area contributed by atoms with Crippen molar-refractivity contribution in [3.63, 3.8) is 0 Å². The zero-order chi connectivity index (χ0) is 21.0. The fraction of sp³-hybridized carbons (Fsp3) is 0.391. The summed E-state index contributed by atoms with van der Waals surface area (Å²) in [6, 6.07) is 11.9. The number of nitrogens with zero attached hydrogens (tertiary/aromatic N) is 1. The molecule has 0 aliphatic heterocycles. The monoisotopic (exact) mass is 413 g/mol. The van der Waals surface area contributed by atoms with E-state index in [-0.39, 0.29) is 11.8 Å². The molecule has 0 spiro atoms. The highest BCUT2D eigenvalue weighted by Crippen LogP contribution is 2.27. The van der Waals surface area contributed by atoms with Crippen molar-refractivity contribution < 1.29 is 9.59 Å². The molecule has 5 nitrogen and oxygen atoms in total. The van der Waals surface area contributed by atoms with Crippen LogP contribution in [0.3, 0.4) is 0 Å². The summed E-state index contributed by atoms with van der Waals surface area (Å²) in [7, 11) is 0. The Bertz CT molecular complexity index is 909. The third-order valence-electron chi connectivity index (χ3n) is 5.24. The minimum atomic E-state index is -0.0732. The van der Waals surface area contributed by atoms with Crippen LogP contribution in [0.5, 0.6) is 0 Å². The van der Waals surface area contributed by atoms with Crippen molar-refractivity contribution in [3.05, 3.63) is 58.1 Å². The van der Waals surface area contributed by atoms with Gasteiger partial charge in [0.25, 0.3) is 0 Å². The first-order chi connectivity index (χ1) is 13.8. The van der Waals surface area contributed by atoms with Crippen molar-refractivity contribution in [2.75, 3.05) is 23.7 Å². The molecule has 0 unspecified atom stereocenters. The molecule has 2 aromatic carbocycles. The minimum absolute atomic E-state index is 0.0447. The Balaban J connectivity index is 1.53. The molecule has 1 aliphatic rings. The molecular formula is C23H28ClN3O2. The summed E-state index contributed by atoms with van der Waals surface area (Å²) in [6.07, 6.45) is 2.48. The van der Waals surface area contributed by atoms with Crippen LogP contribution in [0.1, 0.15) is 36.0 Å². The van der Waals surface area contributed by atoms with E-state index in [2.05, 4.69) is 15.5 Å². The van der Waals surface area contributed by atoms with Gasteiger partial charge in [-0.3, -0.25) is 14.5 Å². The van der Waals surface area contributed by atoms with Gasteiger partial charge in [0.15, 0.2) is 0 Å². The van der Waals surface area contributed by atoms with Gasteiger partial charge < -0.3 is 10.6 Å². The molecule has 0 aromatic heterocycles. The van der Waals surface area contributed by atoms with Gasteiger partial charge in [0.05, 0.1) is 6.54 Å². The van der Waals surface area contributed by atoms with Gasteiger partial charge in [-0.15, -0.1) is 0 Å². The number of anilines is 2. The number of benzene rings is 2. The minimum Gasteiger partial charge on any atom is -0.326 e. The topological polar surface area (TPSA) is 61.4 Å². The molecule has 0 radical (unpaired) electrons. The van der Waals surface area contributed by atoms with Gasteiger partial charge in [-0.05, 0) is 68.5 Å². The fourth-order valence-corrected chi connectivity index (χ4v) is 3.45. The van der Waals surface area contributed by atoms with E-state index < -0.39 is 0 Å². The number of nitrogens with one attached hydrogen (secondary N) is 2. The molecule has 154 valence electrons. The van der Waals surface area contributed by atoms with E-state index in [1.54, 1.807) is 6.07 Å². The zero-order valence-electron chi connectivity index (χ0n) is 17.2. The van der Waals surface area contributed by atoms with Crippen molar-refractivity contribution in [1.29, 1.82) is 0 Å². The Morgan fingerprint density at radius 3 is 2.48 bits per heavy atom. The molecule has 3 rings (SSSR count). The van der Waals surface area contributed by atoms with Crippen molar-refractivity contribution >= 4 is 34.8 Å². The number of hydrogen-bond acceptors (Lipinski definition) is 3. The highest BCUT2D eigenvalue weighted by atomic mass is 35.5. The quantitative estimate of drug-likeness (QED) is 0.659. The summed E-state index contributed by atoms with van der Waals surface area (Å²) >= 11 is 6.12. The van der Waals surface area contributed by atoms with E-state index in [9.17, 15) is 9.59 Å². The average molecular weight is 414 g/mol. The van der Waals surface area contributed by atoms with Crippen LogP contribution in [0.15, 0.2) is 36.4 Å². The largest absolute Gasteiger partial charge is 0.326 e. The van der Waals surface area contributed by atoms with Crippen LogP contribution in [0.4, 0.5) is 11.4 Å². The first-order valence-corrected chi connectivity index (χ1v) is 10.4. The zero-order valence-corrected chi connectivity index (χ0v) is 18.0. The van der Waals surface area contributed by atoms with Gasteiger partial charge in [-0.25, -0.2) is 0 Å². The lowest BCUT2D eigenvalue weighted by Gasteiger charge is -2.21. The van der Waals surface area contributed by atoms with E-state index in [1.807, 2.05) is 51.1 Å². The Hall–Kier alpha value is -2.37. The second kappa shape index (κ2) is 9.42. The Labute approximate surface area is 177 Å². The third-order valence-corrected chi connectivity index (χ3v) is 5.65. The van der Waals surface area contributed by atoms with Crippen molar-refractivity contribution in [3.8, 4) is 0 Å². The summed E-state index contributed by atoms with van der Waals surface area (Å²) in [5.41, 5.74) is 4.58. The number of amides is 2. The first-order valence-electron chi connectivity index (χ1n) is 9.99. The van der Waals surface area contributed by atoms with Crippen LogP contribution < -0.4 is 10.6 Å². The van der Waals surface area contributed by atoms with Crippen LogP contribution in [0.25, 0.3) is 0 Å². The average Bonchev–Trinajstić information content (AvgIpc) is 3.50. The Morgan fingerprint density at radius 2 is 1.76 bits per heavy atom. The van der Waals surface area contributed by atoms with Crippen LogP contribution in [0.2, 0.25) is 5.02 Å². The molecule has 2 amide bonds. The second-order valence-corrected chi connectivity index (χ2v) is 8.19. The van der Waals surface area contributed by atoms with Gasteiger partial charge in [0.1, 0.15) is 0 Å². The lowest BCUT2D eigenvalue weighted by atomic mass is 10.1. The maximum absolute atomic E-state index is 12.6. The number of halogens is 1. The molecule has 0 atom stereocenters. The van der Waals surface area contributed by atoms with Gasteiger partial charge >= 0.3 is 0 Å². The predicted octanol–water partition coefficient (Wildman–Crippen LogP) is 4.70. The van der Waals surface area contributed by atoms with E-state index >= 15 is 0 Å². The van der Waals surface area contributed by atoms with Crippen LogP contribution in [0, 0.1) is 20.8 Å². The van der Waals surface area contributed by atoms with Crippen molar-refractivity contribution in [2.45, 2.75) is 46.1 Å². The number of carbonyl (C=O) groups is 2. The molecule has 0 heterocycles. The van der Waals surface area contributed by atoms with E-state index in [0.29, 0.717) is 30.6 Å². The Kier molecular flexibility index (Phi) is 6.93. The summed E-state index contributed by atoms with van der Waals surface area (Å²) in [5.74, 6) is -0.118. The normalized spacial score (nSPS) is 13.4. The van der Waals surface area contributed by atoms with Crippen LogP contribution >= 0.6 is 11.6 Å². The van der Waals surface area contributed by atoms with Gasteiger partial charge in [-0.1, -0.05) is 29.8 Å². The number of aryl methyl sites for hydroxylation is 2. The summed E-state index contributed by atoms with van der Waals surface area (Å²) in [5, 5.41) is 6.56. The molecule has 6 heteroatoms. The Morgan fingerprint density at radius 1 is 1.03 bits per heavy atom. The van der Waals surface area contributed by atoms with Gasteiger partial charge in [-0.2, -0.15) is 0 Å². The summed E-state index contributed by atoms with van der Waals surface area (Å²) in [4.78, 5) is 27.1. The smallest absolute Gasteiger partial charge is 0.238 e. The van der Waals surface area contributed by atoms with E-state index in [0.717, 1.165) is 40.9 Å². The third kappa shape index (κ3) is 6.05. The number of rotatable bonds is 8. The second-order valence-electron chi connectivity index (χ2n) is 7.78. The fourth-order valence-electron chi connectivity index (χ4n) is 3.28. The number of carbonyl (C=O) groups excluding carboxylic acids is 2. The highest BCUT2D eigenvalue weighted by molar-refractivity contribution is 6.31. The first kappa shape index (κ1) is 21.3. The molecule has 0 saturated heterocycles. The summed E-state index contributed by atoms with van der Waals surface area (Å²) < 4.78 is 0. The summed E-state index contributed by atoms with van der Waals surface area (Å²) in [6.45, 7) is 6.71. The van der Waals surface area contributed by atoms with Crippen LogP contribution in [-0.2, 0) is 9.59 Å². The standard InChI is InChI=1S/C23H28ClN3O2/c1-15-7-8-16(2)21(13-15)26-23(29)14-27(18-9-10-18)12-11-22(28)25-20-6-4-5-19(24)17(20)3/h4-8,13,18H,9-12,14H2,1-3H3,(H,25,28)(H,26,29). The van der Waals surface area contributed by atoms with E-state index in [4.69, 9.17) is 11.6 Å². The van der Waals surface area contributed by atoms with Crippen molar-refractivity contribution in [1.82, 2.24) is 4.90 Å². The van der Waals surface area contributed by atoms with E-state index in [1.165, 1.54) is 0 Å². The molecular weight excluding hydrogens is 386 g/mol. The maximum atomic E-state index is 12.6. The SMILES string of the molecule is Cc1ccc(C)c(NC(=O)CN(CCC(=O)Nc2cccc(Cl)c2C)C2CC2)c1. The number of hydrogen-bond donors (Lipinski definition) is 2. The van der Waals surface area contributed by atoms with Gasteiger partial charge in [0.2, 0.25) is 11.8 Å². The highest BCUT2D eigenvalue weighted by Gasteiger charge is 2.30. The molecule has 29 heavy (non-hydrogen) atoms. The van der Waals surface area contributed by atoms with Crippen LogP contribution in [-0.4, -0.2) is 35.8 Å². The molecule has 1 fully saturated rings. The molecule has 2 N–H and O–H groups in total. The maximum Gasteiger partial charge on any atom is 0.238 e. The lowest BCUT2D eigenvalue weighted by molar-refractivity contribution is -0.119. The molecule has 1 saturated carbocycles. The molecule has 1 aliphatic carbocycles. The lowest BCUT2D eigenvalue weighted by Crippen LogP contribution is -2.37.